The summed E-state index contributed by atoms with van der Waals surface area (Å²) in [6.07, 6.45) is -0.355. The first-order valence-corrected chi connectivity index (χ1v) is 6.78. The summed E-state index contributed by atoms with van der Waals surface area (Å²) < 4.78 is 0. The van der Waals surface area contributed by atoms with Crippen LogP contribution in [0, 0.1) is 13.8 Å². The van der Waals surface area contributed by atoms with Crippen LogP contribution >= 0.6 is 11.6 Å². The van der Waals surface area contributed by atoms with E-state index in [-0.39, 0.29) is 6.10 Å². The zero-order valence-corrected chi connectivity index (χ0v) is 12.0. The Kier molecular flexibility index (Phi) is 4.15. The molecule has 0 saturated carbocycles. The van der Waals surface area contributed by atoms with Gasteiger partial charge in [-0.3, -0.25) is 0 Å². The van der Waals surface area contributed by atoms with Gasteiger partial charge < -0.3 is 15.3 Å². The van der Waals surface area contributed by atoms with E-state index in [9.17, 15) is 5.11 Å². The van der Waals surface area contributed by atoms with E-state index in [1.807, 2.05) is 13.0 Å². The lowest BCUT2D eigenvalue weighted by molar-refractivity contribution is 0.183. The van der Waals surface area contributed by atoms with Crippen LogP contribution in [0.1, 0.15) is 18.1 Å². The first-order chi connectivity index (χ1) is 8.47. The van der Waals surface area contributed by atoms with Crippen molar-refractivity contribution in [2.75, 3.05) is 24.5 Å². The van der Waals surface area contributed by atoms with Crippen molar-refractivity contribution < 1.29 is 5.11 Å². The minimum absolute atomic E-state index is 0.346. The SMILES string of the molecule is Cc1cc(C)c(N2CC(O)CNC(C)C2)c(Cl)c1. The molecule has 1 heterocycles. The van der Waals surface area contributed by atoms with Gasteiger partial charge in [-0.1, -0.05) is 17.7 Å². The zero-order chi connectivity index (χ0) is 13.3. The first-order valence-electron chi connectivity index (χ1n) is 6.40. The Balaban J connectivity index is 2.34. The molecule has 1 fully saturated rings. The summed E-state index contributed by atoms with van der Waals surface area (Å²) in [4.78, 5) is 2.19. The summed E-state index contributed by atoms with van der Waals surface area (Å²) in [7, 11) is 0. The molecular formula is C14H21ClN2O. The van der Waals surface area contributed by atoms with Crippen molar-refractivity contribution in [2.45, 2.75) is 32.9 Å². The fourth-order valence-electron chi connectivity index (χ4n) is 2.62. The van der Waals surface area contributed by atoms with Gasteiger partial charge in [0.15, 0.2) is 0 Å². The maximum Gasteiger partial charge on any atom is 0.0839 e. The van der Waals surface area contributed by atoms with Crippen LogP contribution in [0.25, 0.3) is 0 Å². The molecular weight excluding hydrogens is 248 g/mol. The van der Waals surface area contributed by atoms with Crippen LogP contribution in [-0.2, 0) is 0 Å². The molecule has 1 aliphatic heterocycles. The summed E-state index contributed by atoms with van der Waals surface area (Å²) >= 11 is 6.37. The molecule has 1 aromatic carbocycles. The van der Waals surface area contributed by atoms with Gasteiger partial charge in [0.2, 0.25) is 0 Å². The first kappa shape index (κ1) is 13.7. The molecule has 2 N–H and O–H groups in total. The molecule has 1 aliphatic rings. The number of hydrogen-bond acceptors (Lipinski definition) is 3. The minimum atomic E-state index is -0.355. The number of nitrogens with one attached hydrogen (secondary N) is 1. The zero-order valence-electron chi connectivity index (χ0n) is 11.2. The van der Waals surface area contributed by atoms with Crippen molar-refractivity contribution in [3.63, 3.8) is 0 Å². The Hall–Kier alpha value is -0.770. The second kappa shape index (κ2) is 5.47. The Labute approximate surface area is 114 Å². The van der Waals surface area contributed by atoms with E-state index in [2.05, 4.69) is 30.1 Å². The Morgan fingerprint density at radius 3 is 2.72 bits per heavy atom. The van der Waals surface area contributed by atoms with Gasteiger partial charge >= 0.3 is 0 Å². The molecule has 18 heavy (non-hydrogen) atoms. The van der Waals surface area contributed by atoms with Crippen LogP contribution in [0.2, 0.25) is 5.02 Å². The summed E-state index contributed by atoms with van der Waals surface area (Å²) in [6.45, 7) is 8.37. The van der Waals surface area contributed by atoms with Gasteiger partial charge in [0.25, 0.3) is 0 Å². The van der Waals surface area contributed by atoms with Gasteiger partial charge in [0.1, 0.15) is 0 Å². The maximum absolute atomic E-state index is 9.93. The fourth-order valence-corrected chi connectivity index (χ4v) is 3.06. The minimum Gasteiger partial charge on any atom is -0.390 e. The van der Waals surface area contributed by atoms with Crippen molar-refractivity contribution in [1.82, 2.24) is 5.32 Å². The predicted molar refractivity (Wildman–Crippen MR) is 76.6 cm³/mol. The van der Waals surface area contributed by atoms with E-state index >= 15 is 0 Å². The average Bonchev–Trinajstić information content (AvgIpc) is 2.39. The van der Waals surface area contributed by atoms with Crippen molar-refractivity contribution in [2.24, 2.45) is 0 Å². The Morgan fingerprint density at radius 1 is 1.33 bits per heavy atom. The van der Waals surface area contributed by atoms with E-state index in [0.717, 1.165) is 17.3 Å². The van der Waals surface area contributed by atoms with Gasteiger partial charge in [0.05, 0.1) is 16.8 Å². The van der Waals surface area contributed by atoms with Gasteiger partial charge in [-0.05, 0) is 38.0 Å². The molecule has 0 spiro atoms. The number of aliphatic hydroxyl groups is 1. The number of nitrogens with zero attached hydrogens (tertiary/aromatic N) is 1. The highest BCUT2D eigenvalue weighted by Crippen LogP contribution is 2.31. The van der Waals surface area contributed by atoms with E-state index in [0.29, 0.717) is 19.1 Å². The molecule has 1 aromatic rings. The third-order valence-corrected chi connectivity index (χ3v) is 3.63. The van der Waals surface area contributed by atoms with Crippen molar-refractivity contribution in [3.8, 4) is 0 Å². The number of benzene rings is 1. The lowest BCUT2D eigenvalue weighted by Gasteiger charge is -2.28. The molecule has 100 valence electrons. The second-order valence-electron chi connectivity index (χ2n) is 5.28. The fraction of sp³-hybridized carbons (Fsp3) is 0.571. The largest absolute Gasteiger partial charge is 0.390 e. The number of anilines is 1. The Morgan fingerprint density at radius 2 is 2.06 bits per heavy atom. The molecule has 3 nitrogen and oxygen atoms in total. The topological polar surface area (TPSA) is 35.5 Å². The quantitative estimate of drug-likeness (QED) is 0.819. The molecule has 4 heteroatoms. The highest BCUT2D eigenvalue weighted by Gasteiger charge is 2.22. The number of aliphatic hydroxyl groups excluding tert-OH is 1. The number of rotatable bonds is 1. The third kappa shape index (κ3) is 2.97. The van der Waals surface area contributed by atoms with Crippen LogP contribution in [-0.4, -0.2) is 36.9 Å². The van der Waals surface area contributed by atoms with E-state index in [1.165, 1.54) is 11.1 Å². The molecule has 2 atom stereocenters. The monoisotopic (exact) mass is 268 g/mol. The van der Waals surface area contributed by atoms with Crippen molar-refractivity contribution >= 4 is 17.3 Å². The van der Waals surface area contributed by atoms with Crippen molar-refractivity contribution in [1.29, 1.82) is 0 Å². The molecule has 2 unspecified atom stereocenters. The number of β-amino-alcohol motifs (C(OH)–C–C–N with tert-alkyl or cyclic N) is 1. The van der Waals surface area contributed by atoms with E-state index in [4.69, 9.17) is 11.6 Å². The summed E-state index contributed by atoms with van der Waals surface area (Å²) in [5.74, 6) is 0. The normalized spacial score (nSPS) is 25.1. The average molecular weight is 269 g/mol. The smallest absolute Gasteiger partial charge is 0.0839 e. The lowest BCUT2D eigenvalue weighted by Crippen LogP contribution is -2.36. The van der Waals surface area contributed by atoms with Gasteiger partial charge in [-0.15, -0.1) is 0 Å². The molecule has 0 aliphatic carbocycles. The maximum atomic E-state index is 9.93. The molecule has 0 amide bonds. The van der Waals surface area contributed by atoms with Crippen LogP contribution in [0.5, 0.6) is 0 Å². The molecule has 0 aromatic heterocycles. The van der Waals surface area contributed by atoms with E-state index in [1.54, 1.807) is 0 Å². The van der Waals surface area contributed by atoms with Gasteiger partial charge in [-0.25, -0.2) is 0 Å². The number of aryl methyl sites for hydroxylation is 2. The summed E-state index contributed by atoms with van der Waals surface area (Å²) in [5, 5.41) is 14.0. The van der Waals surface area contributed by atoms with Crippen molar-refractivity contribution in [3.05, 3.63) is 28.3 Å². The Bertz CT molecular complexity index is 401. The highest BCUT2D eigenvalue weighted by molar-refractivity contribution is 6.33. The van der Waals surface area contributed by atoms with Gasteiger partial charge in [-0.2, -0.15) is 0 Å². The number of hydrogen-bond donors (Lipinski definition) is 2. The van der Waals surface area contributed by atoms with Gasteiger partial charge in [0, 0.05) is 25.7 Å². The summed E-state index contributed by atoms with van der Waals surface area (Å²) in [6, 6.07) is 4.47. The van der Waals surface area contributed by atoms with E-state index < -0.39 is 0 Å². The van der Waals surface area contributed by atoms with Crippen LogP contribution in [0.3, 0.4) is 0 Å². The third-order valence-electron chi connectivity index (χ3n) is 3.34. The van der Waals surface area contributed by atoms with Crippen LogP contribution in [0.15, 0.2) is 12.1 Å². The molecule has 0 bridgehead atoms. The predicted octanol–water partition coefficient (Wildman–Crippen LogP) is 2.12. The highest BCUT2D eigenvalue weighted by atomic mass is 35.5. The molecule has 0 radical (unpaired) electrons. The van der Waals surface area contributed by atoms with Crippen LogP contribution < -0.4 is 10.2 Å². The number of halogens is 1. The standard InChI is InChI=1S/C14H21ClN2O/c1-9-4-10(2)14(13(15)5-9)17-7-11(3)16-6-12(18)8-17/h4-5,11-12,16,18H,6-8H2,1-3H3. The van der Waals surface area contributed by atoms with Crippen LogP contribution in [0.4, 0.5) is 5.69 Å². The second-order valence-corrected chi connectivity index (χ2v) is 5.69. The molecule has 2 rings (SSSR count). The molecule has 1 saturated heterocycles. The summed E-state index contributed by atoms with van der Waals surface area (Å²) in [5.41, 5.74) is 3.39. The lowest BCUT2D eigenvalue weighted by atomic mass is 10.1.